The summed E-state index contributed by atoms with van der Waals surface area (Å²) in [7, 11) is 6.13. The first-order chi connectivity index (χ1) is 18.7. The summed E-state index contributed by atoms with van der Waals surface area (Å²) in [5, 5.41) is 0.566. The van der Waals surface area contributed by atoms with Gasteiger partial charge in [0.05, 0.1) is 20.8 Å². The van der Waals surface area contributed by atoms with Crippen LogP contribution in [0.4, 0.5) is 5.95 Å². The molecule has 0 unspecified atom stereocenters. The fourth-order valence-electron chi connectivity index (χ4n) is 4.85. The minimum atomic E-state index is -0.453. The smallest absolute Gasteiger partial charge is 0.332 e. The van der Waals surface area contributed by atoms with Gasteiger partial charge >= 0.3 is 5.69 Å². The fourth-order valence-corrected chi connectivity index (χ4v) is 5.04. The number of amides is 1. The summed E-state index contributed by atoms with van der Waals surface area (Å²) in [4.78, 5) is 47.8. The zero-order valence-corrected chi connectivity index (χ0v) is 22.9. The molecular weight excluding hydrogens is 524 g/mol. The van der Waals surface area contributed by atoms with Crippen molar-refractivity contribution in [2.45, 2.75) is 6.54 Å². The predicted octanol–water partition coefficient (Wildman–Crippen LogP) is 2.12. The number of piperazine rings is 1. The van der Waals surface area contributed by atoms with Gasteiger partial charge in [0.2, 0.25) is 5.95 Å². The molecule has 1 aliphatic rings. The number of methoxy groups -OCH3 is 2. The zero-order chi connectivity index (χ0) is 27.8. The van der Waals surface area contributed by atoms with E-state index in [0.717, 1.165) is 10.1 Å². The summed E-state index contributed by atoms with van der Waals surface area (Å²) < 4.78 is 14.9. The second kappa shape index (κ2) is 10.5. The van der Waals surface area contributed by atoms with Crippen molar-refractivity contribution in [2.24, 2.45) is 14.1 Å². The molecule has 11 nitrogen and oxygen atoms in total. The van der Waals surface area contributed by atoms with Crippen LogP contribution >= 0.6 is 11.6 Å². The minimum absolute atomic E-state index is 0.132. The summed E-state index contributed by atoms with van der Waals surface area (Å²) in [6.07, 6.45) is 0. The van der Waals surface area contributed by atoms with E-state index in [0.29, 0.717) is 71.9 Å². The van der Waals surface area contributed by atoms with E-state index in [1.807, 2.05) is 27.7 Å². The Bertz CT molecular complexity index is 1660. The van der Waals surface area contributed by atoms with Gasteiger partial charge in [-0.1, -0.05) is 29.8 Å². The van der Waals surface area contributed by atoms with Crippen molar-refractivity contribution in [3.05, 3.63) is 79.5 Å². The topological polar surface area (TPSA) is 104 Å². The molecule has 2 aromatic carbocycles. The molecule has 0 bridgehead atoms. The Morgan fingerprint density at radius 2 is 1.59 bits per heavy atom. The van der Waals surface area contributed by atoms with Gasteiger partial charge in [-0.2, -0.15) is 4.98 Å². The van der Waals surface area contributed by atoms with Crippen LogP contribution in [0.25, 0.3) is 11.2 Å². The number of anilines is 1. The Hall–Kier alpha value is -4.25. The number of aromatic nitrogens is 4. The van der Waals surface area contributed by atoms with Crippen LogP contribution in [0.2, 0.25) is 5.02 Å². The van der Waals surface area contributed by atoms with Crippen molar-refractivity contribution >= 4 is 34.6 Å². The molecule has 12 heteroatoms. The summed E-state index contributed by atoms with van der Waals surface area (Å²) in [6, 6.07) is 12.5. The Morgan fingerprint density at radius 1 is 0.949 bits per heavy atom. The van der Waals surface area contributed by atoms with Gasteiger partial charge in [-0.25, -0.2) is 4.79 Å². The number of fused-ring (bicyclic) bond motifs is 1. The number of nitrogens with zero attached hydrogens (tertiary/aromatic N) is 6. The highest BCUT2D eigenvalue weighted by Crippen LogP contribution is 2.27. The molecule has 1 fully saturated rings. The molecule has 0 atom stereocenters. The zero-order valence-electron chi connectivity index (χ0n) is 22.2. The summed E-state index contributed by atoms with van der Waals surface area (Å²) in [5.41, 5.74) is 1.02. The first kappa shape index (κ1) is 26.4. The van der Waals surface area contributed by atoms with Crippen molar-refractivity contribution in [3.63, 3.8) is 0 Å². The van der Waals surface area contributed by atoms with E-state index < -0.39 is 11.2 Å². The van der Waals surface area contributed by atoms with Gasteiger partial charge in [-0.15, -0.1) is 0 Å². The van der Waals surface area contributed by atoms with Crippen LogP contribution in [0, 0.1) is 0 Å². The maximum Gasteiger partial charge on any atom is 0.332 e. The van der Waals surface area contributed by atoms with Gasteiger partial charge in [0.25, 0.3) is 11.5 Å². The molecule has 0 radical (unpaired) electrons. The fraction of sp³-hybridized carbons (Fsp3) is 0.333. The van der Waals surface area contributed by atoms with Crippen LogP contribution in [-0.2, 0) is 20.6 Å². The van der Waals surface area contributed by atoms with Crippen LogP contribution in [0.15, 0.2) is 52.1 Å². The molecule has 1 saturated heterocycles. The molecule has 1 amide bonds. The highest BCUT2D eigenvalue weighted by Gasteiger charge is 2.28. The van der Waals surface area contributed by atoms with Crippen LogP contribution in [0.5, 0.6) is 11.5 Å². The second-order valence-electron chi connectivity index (χ2n) is 9.35. The Balaban J connectivity index is 1.49. The Kier molecular flexibility index (Phi) is 7.09. The van der Waals surface area contributed by atoms with Crippen molar-refractivity contribution in [1.82, 2.24) is 23.6 Å². The van der Waals surface area contributed by atoms with Crippen molar-refractivity contribution in [3.8, 4) is 11.5 Å². The van der Waals surface area contributed by atoms with Crippen LogP contribution in [0.3, 0.4) is 0 Å². The lowest BCUT2D eigenvalue weighted by Crippen LogP contribution is -2.49. The van der Waals surface area contributed by atoms with E-state index in [1.54, 1.807) is 50.4 Å². The van der Waals surface area contributed by atoms with Gasteiger partial charge in [-0.05, 0) is 23.8 Å². The summed E-state index contributed by atoms with van der Waals surface area (Å²) in [5.74, 6) is 1.49. The number of aryl methyl sites for hydroxylation is 1. The number of ether oxygens (including phenoxy) is 2. The first-order valence-electron chi connectivity index (χ1n) is 12.4. The predicted molar refractivity (Wildman–Crippen MR) is 148 cm³/mol. The molecule has 2 aromatic heterocycles. The van der Waals surface area contributed by atoms with E-state index in [4.69, 9.17) is 26.1 Å². The van der Waals surface area contributed by atoms with Gasteiger partial charge in [0.15, 0.2) is 11.2 Å². The molecule has 3 heterocycles. The highest BCUT2D eigenvalue weighted by molar-refractivity contribution is 6.31. The van der Waals surface area contributed by atoms with Crippen molar-refractivity contribution < 1.29 is 14.3 Å². The van der Waals surface area contributed by atoms with Gasteiger partial charge in [0, 0.05) is 56.9 Å². The maximum atomic E-state index is 13.3. The van der Waals surface area contributed by atoms with E-state index >= 15 is 0 Å². The Labute approximate surface area is 229 Å². The third-order valence-corrected chi connectivity index (χ3v) is 7.43. The number of hydrogen-bond donors (Lipinski definition) is 0. The lowest BCUT2D eigenvalue weighted by Gasteiger charge is -2.35. The summed E-state index contributed by atoms with van der Waals surface area (Å²) >= 11 is 6.47. The molecule has 0 spiro atoms. The lowest BCUT2D eigenvalue weighted by atomic mass is 10.1. The number of carbonyl (C=O) groups excluding carboxylic acids is 1. The third kappa shape index (κ3) is 4.74. The quantitative estimate of drug-likeness (QED) is 0.361. The van der Waals surface area contributed by atoms with Crippen LogP contribution in [0.1, 0.15) is 15.9 Å². The average molecular weight is 553 g/mol. The van der Waals surface area contributed by atoms with Crippen molar-refractivity contribution in [1.29, 1.82) is 0 Å². The standard InChI is InChI=1S/C27H29ClN6O5/c1-30-23-22(25(36)31(2)27(30)37)34(16-17-7-5-6-8-21(17)28)26(29-23)33-11-9-32(10-12-33)24(35)18-13-19(38-3)15-20(14-18)39-4/h5-8,13-15H,9-12,16H2,1-4H3. The van der Waals surface area contributed by atoms with Crippen LogP contribution in [-0.4, -0.2) is 69.9 Å². The monoisotopic (exact) mass is 552 g/mol. The molecule has 204 valence electrons. The molecule has 1 aliphatic heterocycles. The number of carbonyl (C=O) groups is 1. The van der Waals surface area contributed by atoms with Crippen molar-refractivity contribution in [2.75, 3.05) is 45.3 Å². The number of hydrogen-bond acceptors (Lipinski definition) is 7. The number of rotatable bonds is 6. The normalized spacial score (nSPS) is 13.7. The lowest BCUT2D eigenvalue weighted by molar-refractivity contribution is 0.0745. The molecule has 5 rings (SSSR count). The molecular formula is C27H29ClN6O5. The largest absolute Gasteiger partial charge is 0.497 e. The van der Waals surface area contributed by atoms with E-state index in [-0.39, 0.29) is 5.91 Å². The van der Waals surface area contributed by atoms with Gasteiger partial charge in [0.1, 0.15) is 11.5 Å². The number of halogens is 1. The highest BCUT2D eigenvalue weighted by atomic mass is 35.5. The van der Waals surface area contributed by atoms with Crippen LogP contribution < -0.4 is 25.6 Å². The number of imidazole rings is 1. The van der Waals surface area contributed by atoms with E-state index in [2.05, 4.69) is 0 Å². The molecule has 0 saturated carbocycles. The molecule has 39 heavy (non-hydrogen) atoms. The average Bonchev–Trinajstić information content (AvgIpc) is 3.34. The third-order valence-electron chi connectivity index (χ3n) is 7.06. The second-order valence-corrected chi connectivity index (χ2v) is 9.76. The Morgan fingerprint density at radius 3 is 2.21 bits per heavy atom. The van der Waals surface area contributed by atoms with Gasteiger partial charge < -0.3 is 19.3 Å². The SMILES string of the molecule is COc1cc(OC)cc(C(=O)N2CCN(c3nc4c(c(=O)n(C)c(=O)n4C)n3Cc3ccccc3Cl)CC2)c1. The number of benzene rings is 2. The molecule has 0 N–H and O–H groups in total. The minimum Gasteiger partial charge on any atom is -0.497 e. The van der Waals surface area contributed by atoms with Gasteiger partial charge in [-0.3, -0.25) is 23.3 Å². The molecule has 4 aromatic rings. The van der Waals surface area contributed by atoms with E-state index in [1.165, 1.54) is 11.6 Å². The summed E-state index contributed by atoms with van der Waals surface area (Å²) in [6.45, 7) is 2.12. The van der Waals surface area contributed by atoms with E-state index in [9.17, 15) is 14.4 Å². The maximum absolute atomic E-state index is 13.3. The molecule has 0 aliphatic carbocycles. The first-order valence-corrected chi connectivity index (χ1v) is 12.8.